The Morgan fingerprint density at radius 1 is 1.09 bits per heavy atom. The van der Waals surface area contributed by atoms with Crippen LogP contribution in [0.25, 0.3) is 22.3 Å². The van der Waals surface area contributed by atoms with Crippen molar-refractivity contribution in [1.29, 1.82) is 0 Å². The smallest absolute Gasteiger partial charge is 0.272 e. The van der Waals surface area contributed by atoms with Crippen LogP contribution >= 0.6 is 11.6 Å². The predicted octanol–water partition coefficient (Wildman–Crippen LogP) is 6.72. The molecule has 1 aliphatic carbocycles. The Kier molecular flexibility index (Phi) is 5.42. The third-order valence-electron chi connectivity index (χ3n) is 6.69. The first-order chi connectivity index (χ1) is 17.0. The molecule has 0 fully saturated rings. The maximum atomic E-state index is 13.0. The number of nitrogens with zero attached hydrogens (tertiary/aromatic N) is 2. The largest absolute Gasteiger partial charge is 0.456 e. The van der Waals surface area contributed by atoms with Crippen molar-refractivity contribution >= 4 is 28.5 Å². The van der Waals surface area contributed by atoms with E-state index in [1.54, 1.807) is 0 Å². The van der Waals surface area contributed by atoms with E-state index in [1.807, 2.05) is 78.3 Å². The van der Waals surface area contributed by atoms with Crippen LogP contribution in [0.3, 0.4) is 0 Å². The van der Waals surface area contributed by atoms with E-state index in [2.05, 4.69) is 22.5 Å². The lowest BCUT2D eigenvalue weighted by Gasteiger charge is -2.13. The van der Waals surface area contributed by atoms with Crippen LogP contribution in [0.2, 0.25) is 5.02 Å². The maximum absolute atomic E-state index is 13.0. The summed E-state index contributed by atoms with van der Waals surface area (Å²) in [6.45, 7) is 2.40. The van der Waals surface area contributed by atoms with E-state index in [1.165, 1.54) is 11.1 Å². The molecule has 2 aromatic heterocycles. The normalized spacial score (nSPS) is 14.9. The molecule has 1 N–H and O–H groups in total. The van der Waals surface area contributed by atoms with Crippen LogP contribution in [0.1, 0.15) is 45.3 Å². The number of amides is 1. The zero-order chi connectivity index (χ0) is 23.9. The van der Waals surface area contributed by atoms with Gasteiger partial charge in [-0.15, -0.1) is 0 Å². The van der Waals surface area contributed by atoms with Gasteiger partial charge in [0.15, 0.2) is 0 Å². The zero-order valence-electron chi connectivity index (χ0n) is 19.3. The van der Waals surface area contributed by atoms with Crippen molar-refractivity contribution in [1.82, 2.24) is 15.1 Å². The van der Waals surface area contributed by atoms with E-state index in [0.717, 1.165) is 46.4 Å². The van der Waals surface area contributed by atoms with Crippen molar-refractivity contribution in [3.05, 3.63) is 112 Å². The molecular formula is C29H24ClN3O2. The number of fused-ring (bicyclic) bond motifs is 2. The van der Waals surface area contributed by atoms with Crippen molar-refractivity contribution in [2.75, 3.05) is 0 Å². The lowest BCUT2D eigenvalue weighted by atomic mass is 10.1. The van der Waals surface area contributed by atoms with Gasteiger partial charge in [-0.1, -0.05) is 66.2 Å². The quantitative estimate of drug-likeness (QED) is 0.303. The Labute approximate surface area is 208 Å². The van der Waals surface area contributed by atoms with E-state index >= 15 is 0 Å². The molecule has 0 radical (unpaired) electrons. The second-order valence-electron chi connectivity index (χ2n) is 9.05. The summed E-state index contributed by atoms with van der Waals surface area (Å²) in [4.78, 5) is 13.0. The third kappa shape index (κ3) is 4.13. The van der Waals surface area contributed by atoms with Crippen LogP contribution in [0, 0.1) is 6.92 Å². The highest BCUT2D eigenvalue weighted by molar-refractivity contribution is 6.31. The van der Waals surface area contributed by atoms with E-state index in [0.29, 0.717) is 17.3 Å². The van der Waals surface area contributed by atoms with Crippen LogP contribution in [-0.2, 0) is 13.0 Å². The number of carbonyl (C=O) groups excluding carboxylic acids is 1. The minimum Gasteiger partial charge on any atom is -0.456 e. The van der Waals surface area contributed by atoms with Gasteiger partial charge in [-0.3, -0.25) is 9.48 Å². The van der Waals surface area contributed by atoms with Crippen molar-refractivity contribution in [2.45, 2.75) is 32.4 Å². The summed E-state index contributed by atoms with van der Waals surface area (Å²) in [6, 6.07) is 25.9. The monoisotopic (exact) mass is 481 g/mol. The summed E-state index contributed by atoms with van der Waals surface area (Å²) in [5.41, 5.74) is 6.51. The maximum Gasteiger partial charge on any atom is 0.272 e. The van der Waals surface area contributed by atoms with Gasteiger partial charge in [-0.2, -0.15) is 5.10 Å². The number of furan rings is 1. The molecule has 1 aliphatic rings. The van der Waals surface area contributed by atoms with Gasteiger partial charge in [0.25, 0.3) is 5.91 Å². The Morgan fingerprint density at radius 3 is 2.74 bits per heavy atom. The Bertz CT molecular complexity index is 1550. The van der Waals surface area contributed by atoms with E-state index in [4.69, 9.17) is 16.0 Å². The minimum atomic E-state index is -0.158. The van der Waals surface area contributed by atoms with Gasteiger partial charge in [0.1, 0.15) is 17.0 Å². The molecule has 0 saturated carbocycles. The number of halogens is 1. The van der Waals surface area contributed by atoms with Gasteiger partial charge in [0, 0.05) is 27.2 Å². The summed E-state index contributed by atoms with van der Waals surface area (Å²) in [7, 11) is 0. The second kappa shape index (κ2) is 8.75. The molecule has 6 heteroatoms. The van der Waals surface area contributed by atoms with Gasteiger partial charge in [0.2, 0.25) is 0 Å². The van der Waals surface area contributed by atoms with Crippen molar-refractivity contribution in [2.24, 2.45) is 0 Å². The number of hydrogen-bond donors (Lipinski definition) is 1. The number of aryl methyl sites for hydroxylation is 2. The lowest BCUT2D eigenvalue weighted by molar-refractivity contribution is 0.0931. The molecule has 0 bridgehead atoms. The highest BCUT2D eigenvalue weighted by Crippen LogP contribution is 2.33. The molecule has 1 atom stereocenters. The Balaban J connectivity index is 1.27. The van der Waals surface area contributed by atoms with Crippen molar-refractivity contribution in [3.63, 3.8) is 0 Å². The number of aromatic nitrogens is 2. The molecule has 0 saturated heterocycles. The third-order valence-corrected chi connectivity index (χ3v) is 6.91. The fraction of sp³-hybridized carbons (Fsp3) is 0.172. The average molecular weight is 482 g/mol. The molecule has 3 aromatic carbocycles. The van der Waals surface area contributed by atoms with Crippen LogP contribution in [0.15, 0.2) is 83.3 Å². The highest BCUT2D eigenvalue weighted by atomic mass is 35.5. The van der Waals surface area contributed by atoms with E-state index in [9.17, 15) is 4.79 Å². The standard InChI is InChI=1S/C29H24ClN3O2/c1-18-13-26(29(34)31-25-12-11-19-7-5-6-10-24(19)25)32-33(18)17-22-15-23(30)14-21-16-27(35-28(21)22)20-8-3-2-4-9-20/h2-10,13-16,25H,11-12,17H2,1H3,(H,31,34)/t25-/m1/s1. The molecule has 5 aromatic rings. The van der Waals surface area contributed by atoms with E-state index < -0.39 is 0 Å². The first-order valence-electron chi connectivity index (χ1n) is 11.8. The number of nitrogens with one attached hydrogen (secondary N) is 1. The zero-order valence-corrected chi connectivity index (χ0v) is 20.0. The minimum absolute atomic E-state index is 0.0243. The van der Waals surface area contributed by atoms with Crippen molar-refractivity contribution < 1.29 is 9.21 Å². The van der Waals surface area contributed by atoms with Gasteiger partial charge in [-0.25, -0.2) is 0 Å². The molecule has 2 heterocycles. The molecule has 6 rings (SSSR count). The topological polar surface area (TPSA) is 60.1 Å². The average Bonchev–Trinajstić information content (AvgIpc) is 3.57. The first-order valence-corrected chi connectivity index (χ1v) is 12.1. The predicted molar refractivity (Wildman–Crippen MR) is 138 cm³/mol. The van der Waals surface area contributed by atoms with Crippen molar-refractivity contribution in [3.8, 4) is 11.3 Å². The van der Waals surface area contributed by atoms with E-state index in [-0.39, 0.29) is 11.9 Å². The summed E-state index contributed by atoms with van der Waals surface area (Å²) >= 11 is 6.44. The van der Waals surface area contributed by atoms with Crippen LogP contribution < -0.4 is 5.32 Å². The van der Waals surface area contributed by atoms with Gasteiger partial charge >= 0.3 is 0 Å². The molecule has 1 amide bonds. The highest BCUT2D eigenvalue weighted by Gasteiger charge is 2.25. The molecule has 0 spiro atoms. The molecule has 174 valence electrons. The molecular weight excluding hydrogens is 458 g/mol. The fourth-order valence-electron chi connectivity index (χ4n) is 4.93. The number of benzene rings is 3. The number of rotatable bonds is 5. The Morgan fingerprint density at radius 2 is 1.89 bits per heavy atom. The molecule has 0 aliphatic heterocycles. The first kappa shape index (κ1) is 21.7. The molecule has 5 nitrogen and oxygen atoms in total. The number of carbonyl (C=O) groups is 1. The summed E-state index contributed by atoms with van der Waals surface area (Å²) in [5, 5.41) is 9.36. The van der Waals surface area contributed by atoms with Gasteiger partial charge < -0.3 is 9.73 Å². The van der Waals surface area contributed by atoms with Gasteiger partial charge in [-0.05, 0) is 55.2 Å². The number of hydrogen-bond acceptors (Lipinski definition) is 3. The Hall–Kier alpha value is -3.83. The summed E-state index contributed by atoms with van der Waals surface area (Å²) in [5.74, 6) is 0.632. The second-order valence-corrected chi connectivity index (χ2v) is 9.49. The van der Waals surface area contributed by atoms with Crippen LogP contribution in [0.5, 0.6) is 0 Å². The lowest BCUT2D eigenvalue weighted by Crippen LogP contribution is -2.27. The molecule has 35 heavy (non-hydrogen) atoms. The molecule has 0 unspecified atom stereocenters. The SMILES string of the molecule is Cc1cc(C(=O)N[C@@H]2CCc3ccccc32)nn1Cc1cc(Cl)cc2cc(-c3ccccc3)oc12. The van der Waals surface area contributed by atoms with Crippen LogP contribution in [0.4, 0.5) is 0 Å². The van der Waals surface area contributed by atoms with Gasteiger partial charge in [0.05, 0.1) is 12.6 Å². The van der Waals surface area contributed by atoms with Crippen LogP contribution in [-0.4, -0.2) is 15.7 Å². The fourth-order valence-corrected chi connectivity index (χ4v) is 5.18. The summed E-state index contributed by atoms with van der Waals surface area (Å²) < 4.78 is 8.08. The summed E-state index contributed by atoms with van der Waals surface area (Å²) in [6.07, 6.45) is 1.89.